The van der Waals surface area contributed by atoms with Gasteiger partial charge in [0, 0.05) is 0 Å². The van der Waals surface area contributed by atoms with E-state index >= 15 is 0 Å². The van der Waals surface area contributed by atoms with Crippen molar-refractivity contribution in [3.05, 3.63) is 84.1 Å². The molecule has 4 aromatic rings. The van der Waals surface area contributed by atoms with E-state index in [0.29, 0.717) is 12.3 Å². The van der Waals surface area contributed by atoms with Crippen LogP contribution in [0.4, 0.5) is 0 Å². The summed E-state index contributed by atoms with van der Waals surface area (Å²) in [7, 11) is 1.61. The number of esters is 1. The number of aromatic nitrogens is 3. The van der Waals surface area contributed by atoms with Crippen LogP contribution in [0, 0.1) is 0 Å². The predicted molar refractivity (Wildman–Crippen MR) is 122 cm³/mol. The van der Waals surface area contributed by atoms with Crippen LogP contribution in [0.5, 0.6) is 23.1 Å². The Kier molecular flexibility index (Phi) is 6.54. The lowest BCUT2D eigenvalue weighted by atomic mass is 10.1. The molecule has 0 atom stereocenters. The van der Waals surface area contributed by atoms with E-state index < -0.39 is 5.97 Å². The zero-order valence-electron chi connectivity index (χ0n) is 18.3. The predicted octanol–water partition coefficient (Wildman–Crippen LogP) is 4.68. The molecule has 0 saturated carbocycles. The molecule has 1 N–H and O–H groups in total. The Labute approximate surface area is 191 Å². The quantitative estimate of drug-likeness (QED) is 0.394. The van der Waals surface area contributed by atoms with Gasteiger partial charge in [-0.25, -0.2) is 9.48 Å². The van der Waals surface area contributed by atoms with Gasteiger partial charge in [0.05, 0.1) is 20.3 Å². The summed E-state index contributed by atoms with van der Waals surface area (Å²) >= 11 is 0. The number of hydrogen-bond donors (Lipinski definition) is 1. The summed E-state index contributed by atoms with van der Waals surface area (Å²) < 4.78 is 17.9. The number of methoxy groups -OCH3 is 1. The molecule has 168 valence electrons. The second kappa shape index (κ2) is 9.86. The first-order chi connectivity index (χ1) is 16.1. The number of carbonyl (C=O) groups is 1. The van der Waals surface area contributed by atoms with Crippen LogP contribution in [0.15, 0.2) is 72.8 Å². The number of nitrogens with zero attached hydrogens (tertiary/aromatic N) is 3. The lowest BCUT2D eigenvalue weighted by Gasteiger charge is -2.11. The minimum atomic E-state index is -0.607. The van der Waals surface area contributed by atoms with Gasteiger partial charge in [0.2, 0.25) is 5.69 Å². The molecule has 8 nitrogen and oxygen atoms in total. The fourth-order valence-corrected chi connectivity index (χ4v) is 3.25. The normalized spacial score (nSPS) is 10.6. The van der Waals surface area contributed by atoms with Crippen LogP contribution in [-0.4, -0.2) is 39.8 Å². The Morgan fingerprint density at radius 3 is 2.36 bits per heavy atom. The maximum atomic E-state index is 12.4. The highest BCUT2D eigenvalue weighted by molar-refractivity contribution is 5.89. The monoisotopic (exact) mass is 445 g/mol. The van der Waals surface area contributed by atoms with E-state index in [-0.39, 0.29) is 23.9 Å². The van der Waals surface area contributed by atoms with Gasteiger partial charge < -0.3 is 19.3 Å². The number of benzene rings is 3. The summed E-state index contributed by atoms with van der Waals surface area (Å²) in [5.74, 6) is 1.02. The first kappa shape index (κ1) is 21.9. The molecule has 0 saturated heterocycles. The van der Waals surface area contributed by atoms with Crippen LogP contribution < -0.4 is 9.47 Å². The Hall–Kier alpha value is -4.33. The Bertz CT molecular complexity index is 1230. The molecule has 3 aromatic carbocycles. The van der Waals surface area contributed by atoms with Gasteiger partial charge in [-0.2, -0.15) is 0 Å². The molecular formula is C25H23N3O5. The van der Waals surface area contributed by atoms with Gasteiger partial charge in [-0.15, -0.1) is 5.10 Å². The molecule has 8 heteroatoms. The minimum absolute atomic E-state index is 0.00224. The average molecular weight is 445 g/mol. The number of aromatic hydroxyl groups is 1. The van der Waals surface area contributed by atoms with E-state index in [1.807, 2.05) is 42.5 Å². The smallest absolute Gasteiger partial charge is 0.364 e. The van der Waals surface area contributed by atoms with Crippen molar-refractivity contribution in [2.24, 2.45) is 0 Å². The molecular weight excluding hydrogens is 422 g/mol. The Balaban J connectivity index is 1.61. The van der Waals surface area contributed by atoms with E-state index in [2.05, 4.69) is 10.3 Å². The zero-order valence-corrected chi connectivity index (χ0v) is 18.3. The van der Waals surface area contributed by atoms with Crippen LogP contribution in [0.1, 0.15) is 23.0 Å². The maximum absolute atomic E-state index is 12.4. The Morgan fingerprint density at radius 2 is 1.70 bits per heavy atom. The second-order valence-corrected chi connectivity index (χ2v) is 7.15. The molecule has 0 aliphatic carbocycles. The number of rotatable bonds is 8. The number of carbonyl (C=O) groups excluding carboxylic acids is 1. The fourth-order valence-electron chi connectivity index (χ4n) is 3.25. The molecule has 0 bridgehead atoms. The topological polar surface area (TPSA) is 95.7 Å². The van der Waals surface area contributed by atoms with Crippen LogP contribution in [0.25, 0.3) is 11.1 Å². The minimum Gasteiger partial charge on any atom is -0.508 e. The molecule has 1 aromatic heterocycles. The van der Waals surface area contributed by atoms with Crippen LogP contribution >= 0.6 is 0 Å². The van der Waals surface area contributed by atoms with Crippen LogP contribution in [0.2, 0.25) is 0 Å². The van der Waals surface area contributed by atoms with Gasteiger partial charge in [0.25, 0.3) is 5.88 Å². The molecule has 0 fully saturated rings. The highest BCUT2D eigenvalue weighted by Crippen LogP contribution is 2.29. The largest absolute Gasteiger partial charge is 0.508 e. The number of phenols is 1. The summed E-state index contributed by atoms with van der Waals surface area (Å²) in [4.78, 5) is 12.4. The molecule has 1 heterocycles. The SMILES string of the molecule is CCOC(=O)c1nnn(Cc2ccc(OC)cc2)c1Oc1ccc(-c2cccc(O)c2)cc1. The van der Waals surface area contributed by atoms with Gasteiger partial charge in [-0.3, -0.25) is 0 Å². The average Bonchev–Trinajstić information content (AvgIpc) is 3.22. The summed E-state index contributed by atoms with van der Waals surface area (Å²) in [5, 5.41) is 17.8. The lowest BCUT2D eigenvalue weighted by molar-refractivity contribution is 0.0516. The van der Waals surface area contributed by atoms with E-state index in [1.165, 1.54) is 4.68 Å². The molecule has 33 heavy (non-hydrogen) atoms. The van der Waals surface area contributed by atoms with Crippen molar-refractivity contribution >= 4 is 5.97 Å². The molecule has 4 rings (SSSR count). The molecule has 0 radical (unpaired) electrons. The number of hydrogen-bond acceptors (Lipinski definition) is 7. The fraction of sp³-hybridized carbons (Fsp3) is 0.160. The third-order valence-electron chi connectivity index (χ3n) is 4.90. The summed E-state index contributed by atoms with van der Waals surface area (Å²) in [5.41, 5.74) is 2.72. The second-order valence-electron chi connectivity index (χ2n) is 7.15. The molecule has 0 aliphatic heterocycles. The van der Waals surface area contributed by atoms with Crippen molar-refractivity contribution in [3.8, 4) is 34.3 Å². The van der Waals surface area contributed by atoms with Crippen molar-refractivity contribution in [3.63, 3.8) is 0 Å². The number of ether oxygens (including phenoxy) is 3. The van der Waals surface area contributed by atoms with Gasteiger partial charge in [-0.1, -0.05) is 41.6 Å². The first-order valence-electron chi connectivity index (χ1n) is 10.4. The zero-order chi connectivity index (χ0) is 23.2. The van der Waals surface area contributed by atoms with Gasteiger partial charge >= 0.3 is 5.97 Å². The highest BCUT2D eigenvalue weighted by Gasteiger charge is 2.23. The van der Waals surface area contributed by atoms with Crippen molar-refractivity contribution in [2.45, 2.75) is 13.5 Å². The van der Waals surface area contributed by atoms with E-state index in [1.54, 1.807) is 44.4 Å². The van der Waals surface area contributed by atoms with Crippen molar-refractivity contribution in [2.75, 3.05) is 13.7 Å². The van der Waals surface area contributed by atoms with Crippen LogP contribution in [-0.2, 0) is 11.3 Å². The third-order valence-corrected chi connectivity index (χ3v) is 4.90. The van der Waals surface area contributed by atoms with Crippen molar-refractivity contribution in [1.29, 1.82) is 0 Å². The van der Waals surface area contributed by atoms with Gasteiger partial charge in [0.15, 0.2) is 0 Å². The van der Waals surface area contributed by atoms with Crippen molar-refractivity contribution < 1.29 is 24.1 Å². The summed E-state index contributed by atoms with van der Waals surface area (Å²) in [6, 6.07) is 21.8. The molecule has 0 spiro atoms. The maximum Gasteiger partial charge on any atom is 0.364 e. The standard InChI is InChI=1S/C25H23N3O5/c1-3-32-25(30)23-24(28(27-26-23)16-17-7-11-21(31-2)12-8-17)33-22-13-9-18(10-14-22)19-5-4-6-20(29)15-19/h4-15,29H,3,16H2,1-2H3. The molecule has 0 unspecified atom stereocenters. The first-order valence-corrected chi connectivity index (χ1v) is 10.4. The highest BCUT2D eigenvalue weighted by atomic mass is 16.5. The number of phenolic OH excluding ortho intramolecular Hbond substituents is 1. The summed E-state index contributed by atoms with van der Waals surface area (Å²) in [6.07, 6.45) is 0. The van der Waals surface area contributed by atoms with E-state index in [4.69, 9.17) is 14.2 Å². The van der Waals surface area contributed by atoms with Gasteiger partial charge in [-0.05, 0) is 60.0 Å². The van der Waals surface area contributed by atoms with Crippen LogP contribution in [0.3, 0.4) is 0 Å². The molecule has 0 aliphatic rings. The van der Waals surface area contributed by atoms with E-state index in [9.17, 15) is 9.90 Å². The Morgan fingerprint density at radius 1 is 0.970 bits per heavy atom. The third kappa shape index (κ3) is 5.12. The lowest BCUT2D eigenvalue weighted by Crippen LogP contribution is -2.09. The van der Waals surface area contributed by atoms with Gasteiger partial charge in [0.1, 0.15) is 17.2 Å². The van der Waals surface area contributed by atoms with Crippen molar-refractivity contribution in [1.82, 2.24) is 15.0 Å². The molecule has 0 amide bonds. The summed E-state index contributed by atoms with van der Waals surface area (Å²) in [6.45, 7) is 2.27. The van der Waals surface area contributed by atoms with E-state index in [0.717, 1.165) is 22.4 Å².